The molecule has 4 aromatic carbocycles. The average molecular weight is 737 g/mol. The first kappa shape index (κ1) is 37.4. The van der Waals surface area contributed by atoms with Crippen LogP contribution in [0.15, 0.2) is 54.6 Å². The number of amides is 2. The monoisotopic (exact) mass is 736 g/mol. The van der Waals surface area contributed by atoms with E-state index in [0.29, 0.717) is 38.1 Å². The second kappa shape index (κ2) is 15.2. The Morgan fingerprint density at radius 1 is 0.558 bits per heavy atom. The van der Waals surface area contributed by atoms with E-state index in [1.165, 1.54) is 70.1 Å². The second-order valence-corrected chi connectivity index (χ2v) is 14.3. The third-order valence-corrected chi connectivity index (χ3v) is 13.1. The predicted molar refractivity (Wildman–Crippen MR) is 193 cm³/mol. The zero-order valence-electron chi connectivity index (χ0n) is 30.1. The van der Waals surface area contributed by atoms with Gasteiger partial charge in [-0.05, 0) is 12.1 Å². The lowest BCUT2D eigenvalue weighted by atomic mass is 10.1. The Bertz CT molecular complexity index is 1820. The molecule has 274 valence electrons. The fourth-order valence-corrected chi connectivity index (χ4v) is 11.7. The number of carboxylic acid groups (broad SMARTS) is 1. The summed E-state index contributed by atoms with van der Waals surface area (Å²) in [6.45, 7) is -0.864. The highest BCUT2D eigenvalue weighted by atomic mass is 31.2. The first-order valence-corrected chi connectivity index (χ1v) is 17.4. The summed E-state index contributed by atoms with van der Waals surface area (Å²) in [7, 11) is 9.34. The maximum Gasteiger partial charge on any atom is 0.323 e. The van der Waals surface area contributed by atoms with E-state index in [0.717, 1.165) is 0 Å². The SMILES string of the molecule is COc1cc(OC)c([P+](c2cccc3c2C(=O)N(CC(=O)O)C3=O)(c2c(OC)cc(OC)cc2OC)c2c(OC)cc(OC)cc2OC)c(OC)c1. The van der Waals surface area contributed by atoms with Crippen LogP contribution < -0.4 is 63.8 Å². The van der Waals surface area contributed by atoms with Crippen molar-refractivity contribution in [3.8, 4) is 51.7 Å². The van der Waals surface area contributed by atoms with Crippen LogP contribution in [0.5, 0.6) is 51.7 Å². The van der Waals surface area contributed by atoms with Gasteiger partial charge >= 0.3 is 5.97 Å². The molecule has 0 atom stereocenters. The molecule has 4 aromatic rings. The summed E-state index contributed by atoms with van der Waals surface area (Å²) in [6, 6.07) is 14.7. The molecule has 1 aliphatic heterocycles. The molecule has 0 fully saturated rings. The van der Waals surface area contributed by atoms with Crippen LogP contribution in [0, 0.1) is 0 Å². The molecule has 1 aliphatic rings. The van der Waals surface area contributed by atoms with Gasteiger partial charge in [0.25, 0.3) is 11.8 Å². The number of carboxylic acids is 1. The zero-order chi connectivity index (χ0) is 37.9. The highest BCUT2D eigenvalue weighted by molar-refractivity contribution is 8.02. The number of hydrogen-bond acceptors (Lipinski definition) is 12. The summed E-state index contributed by atoms with van der Waals surface area (Å²) in [6.07, 6.45) is 0. The van der Waals surface area contributed by atoms with Gasteiger partial charge in [-0.1, -0.05) is 6.07 Å². The maximum atomic E-state index is 14.5. The summed E-state index contributed by atoms with van der Waals surface area (Å²) < 4.78 is 53.8. The third kappa shape index (κ3) is 5.88. The highest BCUT2D eigenvalue weighted by Crippen LogP contribution is 2.66. The number of carbonyl (C=O) groups excluding carboxylic acids is 2. The molecule has 0 saturated carbocycles. The van der Waals surface area contributed by atoms with Crippen molar-refractivity contribution in [2.24, 2.45) is 0 Å². The number of ether oxygens (including phenoxy) is 9. The van der Waals surface area contributed by atoms with Gasteiger partial charge in [0, 0.05) is 36.4 Å². The Kier molecular flexibility index (Phi) is 10.9. The summed E-state index contributed by atoms with van der Waals surface area (Å²) in [4.78, 5) is 41.1. The van der Waals surface area contributed by atoms with Gasteiger partial charge in [0.15, 0.2) is 57.7 Å². The number of imide groups is 1. The number of nitrogens with zero attached hydrogens (tertiary/aromatic N) is 1. The zero-order valence-corrected chi connectivity index (χ0v) is 31.0. The molecule has 0 spiro atoms. The average Bonchev–Trinajstić information content (AvgIpc) is 3.41. The minimum absolute atomic E-state index is 0.0162. The molecule has 15 heteroatoms. The van der Waals surface area contributed by atoms with Gasteiger partial charge in [-0.25, -0.2) is 0 Å². The standard InChI is InChI=1S/C37H38NO13P/c1-43-20-13-24(46-4)33(25(14-20)47-5)52(34-26(48-6)15-21(44-2)16-27(34)49-7,35-28(50-8)17-22(45-3)18-29(35)51-9)30-12-10-11-23-32(30)37(42)38(36(23)41)19-31(39)40/h10-18H,19H2,1-9H3/p+1. The van der Waals surface area contributed by atoms with E-state index in [-0.39, 0.29) is 50.9 Å². The lowest BCUT2D eigenvalue weighted by Crippen LogP contribution is -2.44. The second-order valence-electron chi connectivity index (χ2n) is 11.1. The molecule has 5 rings (SSSR count). The first-order valence-electron chi connectivity index (χ1n) is 15.6. The smallest absolute Gasteiger partial charge is 0.323 e. The van der Waals surface area contributed by atoms with Gasteiger partial charge in [0.2, 0.25) is 0 Å². The Hall–Kier alpha value is -5.88. The molecular weight excluding hydrogens is 697 g/mol. The van der Waals surface area contributed by atoms with Gasteiger partial charge in [-0.15, -0.1) is 0 Å². The number of rotatable bonds is 15. The molecule has 0 aliphatic carbocycles. The minimum Gasteiger partial charge on any atom is -0.496 e. The summed E-state index contributed by atoms with van der Waals surface area (Å²) in [5.41, 5.74) is -0.0701. The summed E-state index contributed by atoms with van der Waals surface area (Å²) in [5, 5.41) is 11.2. The van der Waals surface area contributed by atoms with Gasteiger partial charge in [-0.2, -0.15) is 0 Å². The van der Waals surface area contributed by atoms with E-state index in [9.17, 15) is 19.5 Å². The maximum absolute atomic E-state index is 14.5. The van der Waals surface area contributed by atoms with Gasteiger partial charge in [0.1, 0.15) is 29.1 Å². The molecule has 0 saturated heterocycles. The van der Waals surface area contributed by atoms with Crippen molar-refractivity contribution in [2.75, 3.05) is 70.5 Å². The number of aliphatic carboxylic acids is 1. The van der Waals surface area contributed by atoms with Crippen molar-refractivity contribution in [1.29, 1.82) is 0 Å². The number of methoxy groups -OCH3 is 9. The molecule has 2 amide bonds. The van der Waals surface area contributed by atoms with Crippen molar-refractivity contribution in [1.82, 2.24) is 4.90 Å². The topological polar surface area (TPSA) is 158 Å². The van der Waals surface area contributed by atoms with Gasteiger partial charge in [0.05, 0.1) is 75.1 Å². The lowest BCUT2D eigenvalue weighted by molar-refractivity contribution is -0.137. The number of fused-ring (bicyclic) bond motifs is 1. The van der Waals surface area contributed by atoms with Crippen LogP contribution in [-0.2, 0) is 4.79 Å². The largest absolute Gasteiger partial charge is 0.496 e. The number of benzene rings is 4. The molecule has 52 heavy (non-hydrogen) atoms. The van der Waals surface area contributed by atoms with Crippen molar-refractivity contribution in [3.63, 3.8) is 0 Å². The van der Waals surface area contributed by atoms with Gasteiger partial charge < -0.3 is 47.7 Å². The van der Waals surface area contributed by atoms with Crippen molar-refractivity contribution < 1.29 is 62.1 Å². The fraction of sp³-hybridized carbons (Fsp3) is 0.270. The molecule has 14 nitrogen and oxygen atoms in total. The fourth-order valence-electron chi connectivity index (χ4n) is 6.52. The van der Waals surface area contributed by atoms with Crippen molar-refractivity contribution >= 4 is 46.3 Å². The molecule has 0 bridgehead atoms. The van der Waals surface area contributed by atoms with Crippen LogP contribution in [0.2, 0.25) is 0 Å². The first-order chi connectivity index (χ1) is 25.0. The van der Waals surface area contributed by atoms with Crippen LogP contribution in [0.4, 0.5) is 0 Å². The van der Waals surface area contributed by atoms with Crippen molar-refractivity contribution in [2.45, 2.75) is 0 Å². The Balaban J connectivity index is 2.24. The van der Waals surface area contributed by atoms with Crippen LogP contribution in [0.25, 0.3) is 0 Å². The quantitative estimate of drug-likeness (QED) is 0.140. The van der Waals surface area contributed by atoms with E-state index in [1.54, 1.807) is 48.5 Å². The lowest BCUT2D eigenvalue weighted by Gasteiger charge is -2.34. The van der Waals surface area contributed by atoms with E-state index in [2.05, 4.69) is 0 Å². The van der Waals surface area contributed by atoms with E-state index in [1.807, 2.05) is 0 Å². The number of hydrogen-bond donors (Lipinski definition) is 1. The van der Waals surface area contributed by atoms with Gasteiger partial charge in [-0.3, -0.25) is 19.3 Å². The Morgan fingerprint density at radius 2 is 0.904 bits per heavy atom. The van der Waals surface area contributed by atoms with E-state index >= 15 is 0 Å². The summed E-state index contributed by atoms with van der Waals surface area (Å²) in [5.74, 6) is -0.315. The van der Waals surface area contributed by atoms with Crippen LogP contribution in [0.1, 0.15) is 20.7 Å². The van der Waals surface area contributed by atoms with Crippen LogP contribution in [-0.4, -0.2) is 98.3 Å². The molecule has 0 aromatic heterocycles. The molecule has 0 unspecified atom stereocenters. The Morgan fingerprint density at radius 3 is 1.19 bits per heavy atom. The molecule has 1 heterocycles. The minimum atomic E-state index is -3.95. The summed E-state index contributed by atoms with van der Waals surface area (Å²) >= 11 is 0. The highest BCUT2D eigenvalue weighted by Gasteiger charge is 2.62. The molecule has 1 N–H and O–H groups in total. The van der Waals surface area contributed by atoms with Crippen LogP contribution >= 0.6 is 7.26 Å². The molecule has 0 radical (unpaired) electrons. The Labute approximate surface area is 300 Å². The third-order valence-electron chi connectivity index (χ3n) is 8.71. The van der Waals surface area contributed by atoms with Crippen LogP contribution in [0.3, 0.4) is 0 Å². The van der Waals surface area contributed by atoms with Crippen molar-refractivity contribution in [3.05, 3.63) is 65.7 Å². The van der Waals surface area contributed by atoms with E-state index < -0.39 is 31.6 Å². The number of carbonyl (C=O) groups is 3. The molecular formula is C37H39NO13P+. The predicted octanol–water partition coefficient (Wildman–Crippen LogP) is 3.06. The normalized spacial score (nSPS) is 12.2. The van der Waals surface area contributed by atoms with E-state index in [4.69, 9.17) is 42.6 Å².